The van der Waals surface area contributed by atoms with E-state index in [4.69, 9.17) is 0 Å². The van der Waals surface area contributed by atoms with Crippen LogP contribution in [-0.2, 0) is 13.5 Å². The minimum absolute atomic E-state index is 0.0313. The van der Waals surface area contributed by atoms with Gasteiger partial charge in [0.1, 0.15) is 0 Å². The van der Waals surface area contributed by atoms with Crippen LogP contribution in [-0.4, -0.2) is 14.8 Å². The highest BCUT2D eigenvalue weighted by atomic mass is 16.1. The molecule has 0 spiro atoms. The van der Waals surface area contributed by atoms with Crippen molar-refractivity contribution in [2.24, 2.45) is 13.0 Å². The van der Waals surface area contributed by atoms with Crippen LogP contribution in [0.25, 0.3) is 32.8 Å². The van der Waals surface area contributed by atoms with Crippen molar-refractivity contribution in [3.8, 4) is 11.1 Å². The molecule has 0 aliphatic carbocycles. The van der Waals surface area contributed by atoms with E-state index >= 15 is 0 Å². The summed E-state index contributed by atoms with van der Waals surface area (Å²) in [6.07, 6.45) is 6.48. The molecule has 4 aromatic rings. The zero-order valence-electron chi connectivity index (χ0n) is 15.2. The first-order valence-electron chi connectivity index (χ1n) is 8.86. The van der Waals surface area contributed by atoms with Crippen LogP contribution < -0.4 is 5.43 Å². The van der Waals surface area contributed by atoms with Crippen LogP contribution in [0.3, 0.4) is 0 Å². The van der Waals surface area contributed by atoms with Gasteiger partial charge in [0.2, 0.25) is 0 Å². The normalized spacial score (nSPS) is 11.5. The molecule has 0 fully saturated rings. The van der Waals surface area contributed by atoms with Gasteiger partial charge in [-0.15, -0.1) is 0 Å². The summed E-state index contributed by atoms with van der Waals surface area (Å²) >= 11 is 0. The summed E-state index contributed by atoms with van der Waals surface area (Å²) in [4.78, 5) is 17.8. The quantitative estimate of drug-likeness (QED) is 0.556. The summed E-state index contributed by atoms with van der Waals surface area (Å²) in [5.74, 6) is 0.551. The van der Waals surface area contributed by atoms with Crippen LogP contribution in [0.2, 0.25) is 0 Å². The molecular weight excluding hydrogens is 322 g/mol. The number of benzene rings is 1. The molecule has 0 saturated heterocycles. The van der Waals surface area contributed by atoms with Crippen molar-refractivity contribution in [1.82, 2.24) is 14.8 Å². The maximum Gasteiger partial charge on any atom is 0.195 e. The second-order valence-electron chi connectivity index (χ2n) is 7.24. The Morgan fingerprint density at radius 1 is 1.00 bits per heavy atom. The molecule has 2 aromatic carbocycles. The van der Waals surface area contributed by atoms with Gasteiger partial charge in [-0.1, -0.05) is 32.0 Å². The Morgan fingerprint density at radius 3 is 2.54 bits per heavy atom. The number of aryl methyl sites for hydroxylation is 1. The lowest BCUT2D eigenvalue weighted by Gasteiger charge is -2.05. The minimum atomic E-state index is 0.0313. The number of rotatable bonds is 3. The largest absolute Gasteiger partial charge is 0.289 e. The molecule has 2 heterocycles. The second kappa shape index (κ2) is 6.37. The third kappa shape index (κ3) is 2.99. The minimum Gasteiger partial charge on any atom is -0.289 e. The molecule has 0 atom stereocenters. The number of nitrogens with zero attached hydrogens (tertiary/aromatic N) is 3. The van der Waals surface area contributed by atoms with Crippen molar-refractivity contribution < 1.29 is 0 Å². The lowest BCUT2D eigenvalue weighted by atomic mass is 10.0. The van der Waals surface area contributed by atoms with Crippen molar-refractivity contribution >= 4 is 21.7 Å². The van der Waals surface area contributed by atoms with Crippen molar-refractivity contribution in [1.29, 1.82) is 0 Å². The van der Waals surface area contributed by atoms with E-state index in [0.29, 0.717) is 16.8 Å². The molecular formula is C22H21N3O. The molecule has 4 nitrogen and oxygen atoms in total. The SMILES string of the molecule is CC(C)Cc1ccc2ccc3ncc(-c4cnn(C)c4)cc3c(=O)c2c1. The lowest BCUT2D eigenvalue weighted by molar-refractivity contribution is 0.648. The van der Waals surface area contributed by atoms with E-state index in [1.54, 1.807) is 17.1 Å². The van der Waals surface area contributed by atoms with Crippen LogP contribution in [0.5, 0.6) is 0 Å². The average molecular weight is 343 g/mol. The number of aromatic nitrogens is 3. The topological polar surface area (TPSA) is 47.8 Å². The van der Waals surface area contributed by atoms with Crippen LogP contribution in [0.4, 0.5) is 0 Å². The van der Waals surface area contributed by atoms with E-state index in [1.807, 2.05) is 43.6 Å². The summed E-state index contributed by atoms with van der Waals surface area (Å²) in [6.45, 7) is 4.37. The highest BCUT2D eigenvalue weighted by molar-refractivity contribution is 5.93. The van der Waals surface area contributed by atoms with Gasteiger partial charge in [-0.05, 0) is 41.5 Å². The highest BCUT2D eigenvalue weighted by Crippen LogP contribution is 2.22. The van der Waals surface area contributed by atoms with E-state index in [-0.39, 0.29) is 5.43 Å². The van der Waals surface area contributed by atoms with E-state index in [0.717, 1.165) is 28.3 Å². The van der Waals surface area contributed by atoms with E-state index in [1.165, 1.54) is 5.56 Å². The summed E-state index contributed by atoms with van der Waals surface area (Å²) in [7, 11) is 1.88. The Hall–Kier alpha value is -3.01. The van der Waals surface area contributed by atoms with Gasteiger partial charge in [0.15, 0.2) is 5.43 Å². The summed E-state index contributed by atoms with van der Waals surface area (Å²) < 4.78 is 1.75. The van der Waals surface area contributed by atoms with Crippen LogP contribution in [0.1, 0.15) is 19.4 Å². The first-order valence-corrected chi connectivity index (χ1v) is 8.86. The molecule has 0 N–H and O–H groups in total. The fraction of sp³-hybridized carbons (Fsp3) is 0.227. The Kier molecular flexibility index (Phi) is 4.03. The highest BCUT2D eigenvalue weighted by Gasteiger charge is 2.08. The maximum absolute atomic E-state index is 13.3. The zero-order valence-corrected chi connectivity index (χ0v) is 15.2. The Bertz CT molecular complexity index is 1180. The molecule has 0 aliphatic rings. The van der Waals surface area contributed by atoms with E-state index < -0.39 is 0 Å². The van der Waals surface area contributed by atoms with Gasteiger partial charge in [0, 0.05) is 41.3 Å². The second-order valence-corrected chi connectivity index (χ2v) is 7.24. The fourth-order valence-electron chi connectivity index (χ4n) is 3.38. The van der Waals surface area contributed by atoms with Gasteiger partial charge >= 0.3 is 0 Å². The molecule has 0 saturated carbocycles. The van der Waals surface area contributed by atoms with Crippen molar-refractivity contribution in [2.75, 3.05) is 0 Å². The average Bonchev–Trinajstić information content (AvgIpc) is 3.00. The summed E-state index contributed by atoms with van der Waals surface area (Å²) in [5, 5.41) is 6.55. The van der Waals surface area contributed by atoms with Gasteiger partial charge in [0.05, 0.1) is 11.7 Å². The number of fused-ring (bicyclic) bond motifs is 2. The first kappa shape index (κ1) is 16.5. The van der Waals surface area contributed by atoms with Gasteiger partial charge < -0.3 is 0 Å². The summed E-state index contributed by atoms with van der Waals surface area (Å²) in [5.41, 5.74) is 3.80. The molecule has 130 valence electrons. The van der Waals surface area contributed by atoms with E-state index in [9.17, 15) is 4.79 Å². The molecule has 26 heavy (non-hydrogen) atoms. The lowest BCUT2D eigenvalue weighted by Crippen LogP contribution is -2.01. The predicted molar refractivity (Wildman–Crippen MR) is 106 cm³/mol. The molecule has 0 bridgehead atoms. The van der Waals surface area contributed by atoms with Gasteiger partial charge in [-0.25, -0.2) is 0 Å². The Balaban J connectivity index is 1.98. The van der Waals surface area contributed by atoms with Crippen LogP contribution in [0.15, 0.2) is 59.8 Å². The van der Waals surface area contributed by atoms with Gasteiger partial charge in [-0.3, -0.25) is 14.5 Å². The number of hydrogen-bond acceptors (Lipinski definition) is 3. The number of pyridine rings is 1. The van der Waals surface area contributed by atoms with E-state index in [2.05, 4.69) is 30.0 Å². The third-order valence-electron chi connectivity index (χ3n) is 4.63. The zero-order chi connectivity index (χ0) is 18.3. The smallest absolute Gasteiger partial charge is 0.195 e. The standard InChI is InChI=1S/C22H21N3O/c1-14(2)8-15-4-5-16-6-7-21-20(22(26)19(16)9-15)10-17(11-23-21)18-12-24-25(3)13-18/h4-7,9-14H,8H2,1-3H3. The van der Waals surface area contributed by atoms with Crippen molar-refractivity contribution in [3.63, 3.8) is 0 Å². The molecule has 0 aliphatic heterocycles. The molecule has 4 rings (SSSR count). The third-order valence-corrected chi connectivity index (χ3v) is 4.63. The van der Waals surface area contributed by atoms with Crippen molar-refractivity contribution in [2.45, 2.75) is 20.3 Å². The molecule has 0 amide bonds. The predicted octanol–water partition coefficient (Wildman–Crippen LogP) is 4.35. The van der Waals surface area contributed by atoms with Crippen LogP contribution in [0, 0.1) is 5.92 Å². The molecule has 0 radical (unpaired) electrons. The number of hydrogen-bond donors (Lipinski definition) is 0. The molecule has 0 unspecified atom stereocenters. The van der Waals surface area contributed by atoms with Crippen molar-refractivity contribution in [3.05, 3.63) is 70.8 Å². The van der Waals surface area contributed by atoms with Gasteiger partial charge in [-0.2, -0.15) is 5.10 Å². The Labute approximate surface area is 152 Å². The summed E-state index contributed by atoms with van der Waals surface area (Å²) in [6, 6.07) is 12.0. The van der Waals surface area contributed by atoms with Gasteiger partial charge in [0.25, 0.3) is 0 Å². The maximum atomic E-state index is 13.3. The monoisotopic (exact) mass is 343 g/mol. The first-order chi connectivity index (χ1) is 12.5. The van der Waals surface area contributed by atoms with Crippen LogP contribution >= 0.6 is 0 Å². The molecule has 4 heteroatoms. The molecule has 2 aromatic heterocycles. The fourth-order valence-corrected chi connectivity index (χ4v) is 3.38. The Morgan fingerprint density at radius 2 is 1.81 bits per heavy atom.